The molecule has 3 fully saturated rings. The second kappa shape index (κ2) is 11.5. The normalized spacial score (nSPS) is 49.4. The van der Waals surface area contributed by atoms with Crippen LogP contribution in [0.15, 0.2) is 0 Å². The van der Waals surface area contributed by atoms with Gasteiger partial charge in [0.05, 0.1) is 19.3 Å². The summed E-state index contributed by atoms with van der Waals surface area (Å²) in [6, 6.07) is 0. The topological polar surface area (TPSA) is 179 Å². The second-order valence-electron chi connectivity index (χ2n) is 10.0. The van der Waals surface area contributed by atoms with Crippen molar-refractivity contribution in [3.63, 3.8) is 0 Å². The van der Waals surface area contributed by atoms with Crippen LogP contribution in [0.1, 0.15) is 40.0 Å². The molecule has 0 spiro atoms. The fraction of sp³-hybridized carbons (Fsp3) is 1.00. The predicted octanol–water partition coefficient (Wildman–Crippen LogP) is -1.91. The van der Waals surface area contributed by atoms with Gasteiger partial charge >= 0.3 is 0 Å². The number of aliphatic hydroxyl groups is 7. The number of hydrogen-bond donors (Lipinski definition) is 7. The van der Waals surface area contributed by atoms with E-state index in [1.54, 1.807) is 0 Å². The first-order valence-electron chi connectivity index (χ1n) is 11.8. The standard InChI is InChI=1S/C22H40O11/c1-9(2)11-5-4-10(3)6-12(11)30-21-19(29)17(27)20(14(8-24)32-21)33-22-18(28)16(26)15(25)13(7-23)31-22/h9-29H,4-8H2,1-3H3/t10?,11?,12?,13-,14-,15-,16+,17-,18-,19-,20-,21-,22+/m1/s1. The van der Waals surface area contributed by atoms with Gasteiger partial charge in [-0.15, -0.1) is 0 Å². The second-order valence-corrected chi connectivity index (χ2v) is 10.0. The Morgan fingerprint density at radius 3 is 1.94 bits per heavy atom. The van der Waals surface area contributed by atoms with E-state index < -0.39 is 74.6 Å². The molecule has 11 nitrogen and oxygen atoms in total. The van der Waals surface area contributed by atoms with Crippen LogP contribution in [0.5, 0.6) is 0 Å². The van der Waals surface area contributed by atoms with Crippen molar-refractivity contribution in [3.8, 4) is 0 Å². The summed E-state index contributed by atoms with van der Waals surface area (Å²) < 4.78 is 22.8. The largest absolute Gasteiger partial charge is 0.394 e. The highest BCUT2D eigenvalue weighted by Gasteiger charge is 2.51. The summed E-state index contributed by atoms with van der Waals surface area (Å²) >= 11 is 0. The van der Waals surface area contributed by atoms with Crippen LogP contribution in [0, 0.1) is 17.8 Å². The van der Waals surface area contributed by atoms with E-state index >= 15 is 0 Å². The molecule has 194 valence electrons. The van der Waals surface area contributed by atoms with Crippen LogP contribution in [0.25, 0.3) is 0 Å². The third kappa shape index (κ3) is 5.87. The van der Waals surface area contributed by atoms with Crippen LogP contribution in [0.2, 0.25) is 0 Å². The Kier molecular flexibility index (Phi) is 9.49. The highest BCUT2D eigenvalue weighted by Crippen LogP contribution is 2.38. The minimum atomic E-state index is -1.70. The van der Waals surface area contributed by atoms with E-state index in [1.165, 1.54) is 0 Å². The summed E-state index contributed by atoms with van der Waals surface area (Å²) in [5.41, 5.74) is 0. The van der Waals surface area contributed by atoms with Crippen molar-refractivity contribution in [3.05, 3.63) is 0 Å². The van der Waals surface area contributed by atoms with Crippen LogP contribution in [0.3, 0.4) is 0 Å². The number of hydrogen-bond acceptors (Lipinski definition) is 11. The van der Waals surface area contributed by atoms with E-state index in [1.807, 2.05) is 0 Å². The Labute approximate surface area is 193 Å². The van der Waals surface area contributed by atoms with Crippen LogP contribution < -0.4 is 0 Å². The monoisotopic (exact) mass is 480 g/mol. The molecule has 7 N–H and O–H groups in total. The average Bonchev–Trinajstić information content (AvgIpc) is 2.78. The summed E-state index contributed by atoms with van der Waals surface area (Å²) in [6.45, 7) is 5.14. The van der Waals surface area contributed by atoms with Crippen LogP contribution in [-0.4, -0.2) is 116 Å². The van der Waals surface area contributed by atoms with Gasteiger partial charge in [0.25, 0.3) is 0 Å². The van der Waals surface area contributed by atoms with Crippen molar-refractivity contribution < 1.29 is 54.7 Å². The van der Waals surface area contributed by atoms with E-state index in [2.05, 4.69) is 20.8 Å². The molecule has 0 bridgehead atoms. The van der Waals surface area contributed by atoms with Crippen molar-refractivity contribution >= 4 is 0 Å². The maximum Gasteiger partial charge on any atom is 0.187 e. The van der Waals surface area contributed by atoms with E-state index in [9.17, 15) is 35.7 Å². The van der Waals surface area contributed by atoms with Crippen LogP contribution in [0.4, 0.5) is 0 Å². The van der Waals surface area contributed by atoms with Gasteiger partial charge in [-0.05, 0) is 30.6 Å². The fourth-order valence-corrected chi connectivity index (χ4v) is 5.11. The first-order chi connectivity index (χ1) is 15.6. The molecule has 3 unspecified atom stereocenters. The van der Waals surface area contributed by atoms with Gasteiger partial charge in [0.15, 0.2) is 12.6 Å². The highest BCUT2D eigenvalue weighted by molar-refractivity contribution is 4.94. The zero-order chi connectivity index (χ0) is 24.4. The zero-order valence-electron chi connectivity index (χ0n) is 19.4. The van der Waals surface area contributed by atoms with Crippen LogP contribution in [-0.2, 0) is 18.9 Å². The molecule has 0 amide bonds. The van der Waals surface area contributed by atoms with Crippen LogP contribution >= 0.6 is 0 Å². The molecule has 0 aromatic heterocycles. The van der Waals surface area contributed by atoms with Crippen molar-refractivity contribution in [1.29, 1.82) is 0 Å². The van der Waals surface area contributed by atoms with Gasteiger partial charge in [-0.3, -0.25) is 0 Å². The van der Waals surface area contributed by atoms with Gasteiger partial charge in [0.1, 0.15) is 48.8 Å². The molecule has 2 saturated heterocycles. The lowest BCUT2D eigenvalue weighted by Crippen LogP contribution is -2.65. The lowest BCUT2D eigenvalue weighted by molar-refractivity contribution is -0.365. The fourth-order valence-electron chi connectivity index (χ4n) is 5.11. The number of aliphatic hydroxyl groups excluding tert-OH is 7. The lowest BCUT2D eigenvalue weighted by Gasteiger charge is -2.47. The molecule has 3 rings (SSSR count). The summed E-state index contributed by atoms with van der Waals surface area (Å²) in [6.07, 6.45) is -11.7. The van der Waals surface area contributed by atoms with Gasteiger partial charge in [-0.2, -0.15) is 0 Å². The Balaban J connectivity index is 1.70. The Morgan fingerprint density at radius 2 is 1.33 bits per heavy atom. The average molecular weight is 481 g/mol. The molecule has 2 aliphatic heterocycles. The van der Waals surface area contributed by atoms with Gasteiger partial charge in [0, 0.05) is 0 Å². The number of ether oxygens (including phenoxy) is 4. The van der Waals surface area contributed by atoms with Crippen molar-refractivity contribution in [2.24, 2.45) is 17.8 Å². The minimum Gasteiger partial charge on any atom is -0.394 e. The SMILES string of the molecule is CC1CCC(C(C)C)C(O[C@@H]2O[C@H](CO)[C@@H](O[C@@H]3O[C@H](CO)[C@@H](O)[C@H](O)[C@H]3O)[C@H](O)[C@H]2O)C1. The number of rotatable bonds is 7. The first kappa shape index (κ1) is 27.2. The van der Waals surface area contributed by atoms with Crippen molar-refractivity contribution in [2.75, 3.05) is 13.2 Å². The summed E-state index contributed by atoms with van der Waals surface area (Å²) in [7, 11) is 0. The van der Waals surface area contributed by atoms with Gasteiger partial charge in [-0.25, -0.2) is 0 Å². The lowest BCUT2D eigenvalue weighted by atomic mass is 9.75. The summed E-state index contributed by atoms with van der Waals surface area (Å²) in [5.74, 6) is 1.08. The van der Waals surface area contributed by atoms with Crippen molar-refractivity contribution in [2.45, 2.75) is 108 Å². The third-order valence-corrected chi connectivity index (χ3v) is 7.23. The van der Waals surface area contributed by atoms with Gasteiger partial charge in [-0.1, -0.05) is 27.2 Å². The minimum absolute atomic E-state index is 0.178. The molecule has 13 atom stereocenters. The van der Waals surface area contributed by atoms with E-state index in [0.717, 1.165) is 19.3 Å². The molecule has 0 aromatic rings. The maximum absolute atomic E-state index is 10.8. The third-order valence-electron chi connectivity index (χ3n) is 7.23. The van der Waals surface area contributed by atoms with Crippen molar-refractivity contribution in [1.82, 2.24) is 0 Å². The highest BCUT2D eigenvalue weighted by atomic mass is 16.7. The summed E-state index contributed by atoms with van der Waals surface area (Å²) in [4.78, 5) is 0. The molecule has 0 aromatic carbocycles. The molecule has 1 saturated carbocycles. The molecule has 3 aliphatic rings. The van der Waals surface area contributed by atoms with E-state index in [-0.39, 0.29) is 12.0 Å². The smallest absolute Gasteiger partial charge is 0.187 e. The Bertz CT molecular complexity index is 603. The molecule has 2 heterocycles. The molecular weight excluding hydrogens is 440 g/mol. The zero-order valence-corrected chi connectivity index (χ0v) is 19.4. The maximum atomic E-state index is 10.8. The molecule has 11 heteroatoms. The van der Waals surface area contributed by atoms with Gasteiger partial charge in [0.2, 0.25) is 0 Å². The van der Waals surface area contributed by atoms with E-state index in [0.29, 0.717) is 11.8 Å². The van der Waals surface area contributed by atoms with E-state index in [4.69, 9.17) is 18.9 Å². The predicted molar refractivity (Wildman–Crippen MR) is 113 cm³/mol. The summed E-state index contributed by atoms with van der Waals surface area (Å²) in [5, 5.41) is 70.9. The Morgan fingerprint density at radius 1 is 0.758 bits per heavy atom. The quantitative estimate of drug-likeness (QED) is 0.216. The first-order valence-corrected chi connectivity index (χ1v) is 11.8. The van der Waals surface area contributed by atoms with Gasteiger partial charge < -0.3 is 54.7 Å². The Hall–Kier alpha value is -0.440. The molecular formula is C22H40O11. The molecule has 0 radical (unpaired) electrons. The molecule has 1 aliphatic carbocycles. The molecule has 33 heavy (non-hydrogen) atoms.